The second-order valence-corrected chi connectivity index (χ2v) is 3.63. The molecule has 2 saturated heterocycles. The van der Waals surface area contributed by atoms with Gasteiger partial charge < -0.3 is 19.1 Å². The van der Waals surface area contributed by atoms with Crippen molar-refractivity contribution in [2.45, 2.75) is 24.7 Å². The Morgan fingerprint density at radius 1 is 1.40 bits per heavy atom. The van der Waals surface area contributed by atoms with Gasteiger partial charge in [-0.25, -0.2) is 0 Å². The topological polar surface area (TPSA) is 87.9 Å². The summed E-state index contributed by atoms with van der Waals surface area (Å²) in [7, 11) is 0. The predicted molar refractivity (Wildman–Crippen MR) is 45.5 cm³/mol. The first-order valence-electron chi connectivity index (χ1n) is 4.70. The molecule has 0 spiro atoms. The number of fused-ring (bicyclic) bond motifs is 1. The second-order valence-electron chi connectivity index (χ2n) is 3.63. The van der Waals surface area contributed by atoms with Gasteiger partial charge in [-0.3, -0.25) is 0 Å². The zero-order valence-corrected chi connectivity index (χ0v) is 7.90. The Balaban J connectivity index is 1.95. The molecule has 0 bridgehead atoms. The highest BCUT2D eigenvalue weighted by Crippen LogP contribution is 2.33. The van der Waals surface area contributed by atoms with Crippen LogP contribution < -0.4 is 0 Å². The fourth-order valence-electron chi connectivity index (χ4n) is 2.07. The highest BCUT2D eigenvalue weighted by Gasteiger charge is 2.48. The second kappa shape index (κ2) is 4.11. The lowest BCUT2D eigenvalue weighted by Gasteiger charge is -2.13. The van der Waals surface area contributed by atoms with Gasteiger partial charge in [0.1, 0.15) is 12.4 Å². The number of ether oxygens (including phenoxy) is 2. The molecule has 2 aliphatic rings. The maximum Gasteiger partial charge on any atom is 0.294 e. The van der Waals surface area contributed by atoms with Crippen LogP contribution in [-0.2, 0) is 19.1 Å². The number of hydrogen-bond donors (Lipinski definition) is 0. The fraction of sp³-hybridized carbons (Fsp3) is 0.875. The molecule has 0 aromatic heterocycles. The molecule has 0 aromatic carbocycles. The third kappa shape index (κ3) is 1.93. The lowest BCUT2D eigenvalue weighted by molar-refractivity contribution is -0.769. The van der Waals surface area contributed by atoms with Crippen LogP contribution in [0, 0.1) is 16.0 Å². The number of rotatable bonds is 4. The first-order chi connectivity index (χ1) is 7.22. The van der Waals surface area contributed by atoms with E-state index in [9.17, 15) is 14.9 Å². The van der Waals surface area contributed by atoms with Crippen LogP contribution in [0.25, 0.3) is 0 Å². The molecule has 2 fully saturated rings. The third-order valence-electron chi connectivity index (χ3n) is 2.73. The first kappa shape index (κ1) is 10.3. The maximum atomic E-state index is 10.4. The van der Waals surface area contributed by atoms with Crippen molar-refractivity contribution in [1.82, 2.24) is 0 Å². The van der Waals surface area contributed by atoms with Crippen molar-refractivity contribution >= 4 is 6.29 Å². The van der Waals surface area contributed by atoms with Gasteiger partial charge >= 0.3 is 0 Å². The average Bonchev–Trinajstić information content (AvgIpc) is 2.71. The smallest absolute Gasteiger partial charge is 0.294 e. The minimum atomic E-state index is -0.840. The summed E-state index contributed by atoms with van der Waals surface area (Å²) in [6.45, 7) is 0.539. The summed E-state index contributed by atoms with van der Waals surface area (Å²) < 4.78 is 10.7. The van der Waals surface area contributed by atoms with E-state index in [4.69, 9.17) is 9.47 Å². The summed E-state index contributed by atoms with van der Waals surface area (Å²) in [4.78, 5) is 25.0. The molecule has 0 unspecified atom stereocenters. The average molecular weight is 217 g/mol. The quantitative estimate of drug-likeness (QED) is 0.360. The lowest BCUT2D eigenvalue weighted by atomic mass is 9.99. The normalized spacial score (nSPS) is 38.7. The summed E-state index contributed by atoms with van der Waals surface area (Å²) in [5.41, 5.74) is 0. The van der Waals surface area contributed by atoms with Gasteiger partial charge in [0.25, 0.3) is 5.09 Å². The molecule has 0 amide bonds. The summed E-state index contributed by atoms with van der Waals surface area (Å²) >= 11 is 0. The first-order valence-corrected chi connectivity index (χ1v) is 4.70. The van der Waals surface area contributed by atoms with Gasteiger partial charge in [-0.2, -0.15) is 0 Å². The molecule has 7 nitrogen and oxygen atoms in total. The molecule has 2 aliphatic heterocycles. The number of carbonyl (C=O) groups excluding carboxylic acids is 1. The van der Waals surface area contributed by atoms with Gasteiger partial charge in [-0.15, -0.1) is 10.1 Å². The van der Waals surface area contributed by atoms with Crippen LogP contribution in [-0.4, -0.2) is 42.9 Å². The van der Waals surface area contributed by atoms with Crippen LogP contribution in [0.4, 0.5) is 0 Å². The van der Waals surface area contributed by atoms with Gasteiger partial charge in [-0.1, -0.05) is 0 Å². The Morgan fingerprint density at radius 2 is 2.13 bits per heavy atom. The molecule has 84 valence electrons. The zero-order chi connectivity index (χ0) is 10.8. The van der Waals surface area contributed by atoms with E-state index < -0.39 is 17.3 Å². The molecule has 0 aromatic rings. The molecular weight excluding hydrogens is 206 g/mol. The largest absolute Gasteiger partial charge is 0.373 e. The number of carbonyl (C=O) groups is 1. The van der Waals surface area contributed by atoms with Gasteiger partial charge in [0.2, 0.25) is 0 Å². The molecule has 0 saturated carbocycles. The Labute approximate surface area is 85.4 Å². The van der Waals surface area contributed by atoms with E-state index in [0.717, 1.165) is 6.29 Å². The standard InChI is InChI=1S/C8H11NO6/c10-2-1-5-3-13-8-6(15-9(11)12)4-14-7(5)8/h2,5-8H,1,3-4H2/t5-,6+,7-,8-/m1/s1. The molecular formula is C8H11NO6. The highest BCUT2D eigenvalue weighted by molar-refractivity contribution is 5.50. The van der Waals surface area contributed by atoms with Crippen LogP contribution in [0.15, 0.2) is 0 Å². The summed E-state index contributed by atoms with van der Waals surface area (Å²) in [5, 5.41) is 9.33. The van der Waals surface area contributed by atoms with Crippen molar-refractivity contribution in [1.29, 1.82) is 0 Å². The van der Waals surface area contributed by atoms with Crippen LogP contribution >= 0.6 is 0 Å². The SMILES string of the molecule is O=CC[C@@H]1CO[C@H]2[C@@H]1OC[C@@H]2O[N+](=O)[O-]. The Morgan fingerprint density at radius 3 is 2.80 bits per heavy atom. The summed E-state index contributed by atoms with van der Waals surface area (Å²) in [6.07, 6.45) is -0.171. The van der Waals surface area contributed by atoms with E-state index in [2.05, 4.69) is 4.84 Å². The van der Waals surface area contributed by atoms with E-state index >= 15 is 0 Å². The number of nitrogens with zero attached hydrogens (tertiary/aromatic N) is 1. The maximum absolute atomic E-state index is 10.4. The van der Waals surface area contributed by atoms with Gasteiger partial charge in [0.05, 0.1) is 19.3 Å². The third-order valence-corrected chi connectivity index (χ3v) is 2.73. The Kier molecular flexibility index (Phi) is 2.83. The number of aldehydes is 1. The molecule has 0 N–H and O–H groups in total. The fourth-order valence-corrected chi connectivity index (χ4v) is 2.07. The van der Waals surface area contributed by atoms with Gasteiger partial charge in [0, 0.05) is 12.3 Å². The van der Waals surface area contributed by atoms with Crippen molar-refractivity contribution in [2.24, 2.45) is 5.92 Å². The predicted octanol–water partition coefficient (Wildman–Crippen LogP) is -0.434. The molecule has 0 aliphatic carbocycles. The van der Waals surface area contributed by atoms with Crippen molar-refractivity contribution in [3.05, 3.63) is 10.1 Å². The monoisotopic (exact) mass is 217 g/mol. The summed E-state index contributed by atoms with van der Waals surface area (Å²) in [5.74, 6) is -0.00662. The molecule has 2 heterocycles. The molecule has 0 radical (unpaired) electrons. The van der Waals surface area contributed by atoms with E-state index in [-0.39, 0.29) is 18.6 Å². The minimum absolute atomic E-state index is 0.00662. The summed E-state index contributed by atoms with van der Waals surface area (Å²) in [6, 6.07) is 0. The molecule has 15 heavy (non-hydrogen) atoms. The Hall–Kier alpha value is -1.21. The van der Waals surface area contributed by atoms with Gasteiger partial charge in [0.15, 0.2) is 6.10 Å². The number of hydrogen-bond acceptors (Lipinski definition) is 6. The molecule has 2 rings (SSSR count). The van der Waals surface area contributed by atoms with Gasteiger partial charge in [-0.05, 0) is 0 Å². The minimum Gasteiger partial charge on any atom is -0.373 e. The Bertz CT molecular complexity index is 270. The van der Waals surface area contributed by atoms with Crippen LogP contribution in [0.2, 0.25) is 0 Å². The van der Waals surface area contributed by atoms with Crippen molar-refractivity contribution < 1.29 is 24.2 Å². The highest BCUT2D eigenvalue weighted by atomic mass is 17.0. The van der Waals surface area contributed by atoms with Crippen molar-refractivity contribution in [3.8, 4) is 0 Å². The van der Waals surface area contributed by atoms with E-state index in [1.807, 2.05) is 0 Å². The van der Waals surface area contributed by atoms with Crippen LogP contribution in [0.3, 0.4) is 0 Å². The van der Waals surface area contributed by atoms with Crippen LogP contribution in [0.5, 0.6) is 0 Å². The zero-order valence-electron chi connectivity index (χ0n) is 7.90. The van der Waals surface area contributed by atoms with Crippen LogP contribution in [0.1, 0.15) is 6.42 Å². The van der Waals surface area contributed by atoms with E-state index in [1.54, 1.807) is 0 Å². The molecule has 7 heteroatoms. The van der Waals surface area contributed by atoms with E-state index in [1.165, 1.54) is 0 Å². The van der Waals surface area contributed by atoms with Crippen molar-refractivity contribution in [3.63, 3.8) is 0 Å². The van der Waals surface area contributed by atoms with E-state index in [0.29, 0.717) is 13.0 Å². The lowest BCUT2D eigenvalue weighted by Crippen LogP contribution is -2.32. The van der Waals surface area contributed by atoms with Crippen molar-refractivity contribution in [2.75, 3.05) is 13.2 Å². The molecule has 4 atom stereocenters.